The third-order valence-corrected chi connectivity index (χ3v) is 4.57. The number of aromatic nitrogens is 2. The predicted octanol–water partition coefficient (Wildman–Crippen LogP) is 2.26. The van der Waals surface area contributed by atoms with Crippen LogP contribution in [0.1, 0.15) is 5.56 Å². The molecule has 3 heterocycles. The molecule has 0 bridgehead atoms. The number of para-hydroxylation sites is 2. The number of pyridine rings is 1. The highest BCUT2D eigenvalue weighted by Gasteiger charge is 2.23. The first kappa shape index (κ1) is 17.1. The van der Waals surface area contributed by atoms with Crippen LogP contribution in [0.3, 0.4) is 0 Å². The Balaban J connectivity index is 1.29. The van der Waals surface area contributed by atoms with Crippen molar-refractivity contribution >= 4 is 23.1 Å². The maximum Gasteiger partial charge on any atom is 0.317 e. The molecule has 8 nitrogen and oxygen atoms in total. The van der Waals surface area contributed by atoms with Crippen LogP contribution in [0.25, 0.3) is 11.1 Å². The van der Waals surface area contributed by atoms with Crippen molar-refractivity contribution in [1.82, 2.24) is 20.2 Å². The lowest BCUT2D eigenvalue weighted by atomic mass is 10.3. The molecule has 1 saturated heterocycles. The van der Waals surface area contributed by atoms with Crippen LogP contribution in [0.2, 0.25) is 0 Å². The Labute approximate surface area is 156 Å². The number of fused-ring (bicyclic) bond motifs is 1. The van der Waals surface area contributed by atoms with Crippen LogP contribution in [0.4, 0.5) is 10.8 Å². The fraction of sp³-hybridized carbons (Fsp3) is 0.316. The van der Waals surface area contributed by atoms with Crippen molar-refractivity contribution in [2.75, 3.05) is 38.2 Å². The summed E-state index contributed by atoms with van der Waals surface area (Å²) in [6, 6.07) is 11.9. The lowest BCUT2D eigenvalue weighted by Gasteiger charge is -2.33. The minimum Gasteiger partial charge on any atom is -0.481 e. The third kappa shape index (κ3) is 3.79. The quantitative estimate of drug-likeness (QED) is 0.762. The van der Waals surface area contributed by atoms with E-state index in [0.717, 1.165) is 16.7 Å². The Bertz CT molecular complexity index is 883. The fourth-order valence-corrected chi connectivity index (χ4v) is 3.02. The number of ether oxygens (including phenoxy) is 1. The van der Waals surface area contributed by atoms with Crippen LogP contribution in [0.15, 0.2) is 47.0 Å². The molecule has 2 amide bonds. The van der Waals surface area contributed by atoms with Gasteiger partial charge >= 0.3 is 6.03 Å². The molecule has 0 spiro atoms. The van der Waals surface area contributed by atoms with Crippen LogP contribution in [-0.2, 0) is 6.54 Å². The minimum absolute atomic E-state index is 0.0805. The van der Waals surface area contributed by atoms with E-state index in [1.165, 1.54) is 0 Å². The van der Waals surface area contributed by atoms with Gasteiger partial charge in [0.1, 0.15) is 5.52 Å². The molecular formula is C19H21N5O3. The van der Waals surface area contributed by atoms with Gasteiger partial charge in [0.05, 0.1) is 7.11 Å². The lowest BCUT2D eigenvalue weighted by molar-refractivity contribution is 0.193. The number of urea groups is 1. The minimum atomic E-state index is -0.0805. The highest BCUT2D eigenvalue weighted by molar-refractivity contribution is 5.75. The van der Waals surface area contributed by atoms with E-state index in [2.05, 4.69) is 20.2 Å². The first-order chi connectivity index (χ1) is 13.2. The van der Waals surface area contributed by atoms with Gasteiger partial charge in [-0.25, -0.2) is 9.78 Å². The Morgan fingerprint density at radius 3 is 2.70 bits per heavy atom. The molecule has 0 saturated carbocycles. The van der Waals surface area contributed by atoms with Crippen molar-refractivity contribution in [3.8, 4) is 5.88 Å². The summed E-state index contributed by atoms with van der Waals surface area (Å²) in [4.78, 5) is 24.9. The van der Waals surface area contributed by atoms with Crippen LogP contribution >= 0.6 is 0 Å². The van der Waals surface area contributed by atoms with Crippen LogP contribution in [0, 0.1) is 0 Å². The highest BCUT2D eigenvalue weighted by atomic mass is 16.5. The molecule has 1 aromatic carbocycles. The number of hydrogen-bond donors (Lipinski definition) is 1. The summed E-state index contributed by atoms with van der Waals surface area (Å²) < 4.78 is 10.8. The summed E-state index contributed by atoms with van der Waals surface area (Å²) in [6.07, 6.45) is 1.70. The second kappa shape index (κ2) is 7.53. The monoisotopic (exact) mass is 367 g/mol. The van der Waals surface area contributed by atoms with Gasteiger partial charge in [0.15, 0.2) is 5.58 Å². The van der Waals surface area contributed by atoms with E-state index in [4.69, 9.17) is 9.15 Å². The molecule has 8 heteroatoms. The Morgan fingerprint density at radius 2 is 2.00 bits per heavy atom. The summed E-state index contributed by atoms with van der Waals surface area (Å²) in [5.74, 6) is 0.556. The number of nitrogens with zero attached hydrogens (tertiary/aromatic N) is 4. The third-order valence-electron chi connectivity index (χ3n) is 4.57. The largest absolute Gasteiger partial charge is 0.481 e. The summed E-state index contributed by atoms with van der Waals surface area (Å²) in [6.45, 7) is 3.03. The summed E-state index contributed by atoms with van der Waals surface area (Å²) in [5, 5.41) is 2.93. The van der Waals surface area contributed by atoms with Crippen LogP contribution in [0.5, 0.6) is 5.88 Å². The molecule has 3 aromatic rings. The number of anilines is 1. The number of nitrogens with one attached hydrogen (secondary N) is 1. The summed E-state index contributed by atoms with van der Waals surface area (Å²) in [5.41, 5.74) is 2.55. The molecule has 0 atom stereocenters. The van der Waals surface area contributed by atoms with Gasteiger partial charge in [-0.1, -0.05) is 18.2 Å². The normalized spacial score (nSPS) is 14.4. The number of oxazole rings is 1. The van der Waals surface area contributed by atoms with Gasteiger partial charge in [-0.3, -0.25) is 0 Å². The zero-order valence-electron chi connectivity index (χ0n) is 15.1. The SMILES string of the molecule is COc1ccc(CNC(=O)N2CCN(c3nc4ccccc4o3)CC2)cn1. The molecule has 27 heavy (non-hydrogen) atoms. The number of piperazine rings is 1. The molecule has 0 unspecified atom stereocenters. The topological polar surface area (TPSA) is 83.7 Å². The van der Waals surface area contributed by atoms with Gasteiger partial charge in [-0.2, -0.15) is 4.98 Å². The maximum absolute atomic E-state index is 12.4. The van der Waals surface area contributed by atoms with Crippen LogP contribution in [-0.4, -0.2) is 54.2 Å². The second-order valence-electron chi connectivity index (χ2n) is 6.31. The van der Waals surface area contributed by atoms with E-state index < -0.39 is 0 Å². The molecule has 2 aromatic heterocycles. The van der Waals surface area contributed by atoms with Gasteiger partial charge in [0.25, 0.3) is 6.01 Å². The van der Waals surface area contributed by atoms with Crippen molar-refractivity contribution in [3.63, 3.8) is 0 Å². The first-order valence-corrected chi connectivity index (χ1v) is 8.85. The Hall–Kier alpha value is -3.29. The van der Waals surface area contributed by atoms with Crippen molar-refractivity contribution in [1.29, 1.82) is 0 Å². The number of hydrogen-bond acceptors (Lipinski definition) is 6. The Morgan fingerprint density at radius 1 is 1.19 bits per heavy atom. The number of amides is 2. The molecule has 1 aliphatic rings. The van der Waals surface area contributed by atoms with E-state index in [9.17, 15) is 4.79 Å². The molecule has 0 aliphatic carbocycles. The lowest BCUT2D eigenvalue weighted by Crippen LogP contribution is -2.51. The molecule has 140 valence electrons. The van der Waals surface area contributed by atoms with Gasteiger partial charge in [0.2, 0.25) is 5.88 Å². The van der Waals surface area contributed by atoms with Gasteiger partial charge in [-0.05, 0) is 17.7 Å². The highest BCUT2D eigenvalue weighted by Crippen LogP contribution is 2.22. The molecular weight excluding hydrogens is 346 g/mol. The average molecular weight is 367 g/mol. The van der Waals surface area contributed by atoms with Gasteiger partial charge < -0.3 is 24.3 Å². The van der Waals surface area contributed by atoms with Crippen molar-refractivity contribution in [2.45, 2.75) is 6.54 Å². The zero-order chi connectivity index (χ0) is 18.6. The number of rotatable bonds is 4. The molecule has 4 rings (SSSR count). The molecule has 0 radical (unpaired) electrons. The van der Waals surface area contributed by atoms with E-state index in [-0.39, 0.29) is 6.03 Å². The molecule has 1 N–H and O–H groups in total. The number of carbonyl (C=O) groups excluding carboxylic acids is 1. The first-order valence-electron chi connectivity index (χ1n) is 8.85. The molecule has 1 fully saturated rings. The smallest absolute Gasteiger partial charge is 0.317 e. The predicted molar refractivity (Wildman–Crippen MR) is 101 cm³/mol. The zero-order valence-corrected chi connectivity index (χ0v) is 15.1. The maximum atomic E-state index is 12.4. The van der Waals surface area contributed by atoms with E-state index >= 15 is 0 Å². The van der Waals surface area contributed by atoms with E-state index in [0.29, 0.717) is 44.6 Å². The summed E-state index contributed by atoms with van der Waals surface area (Å²) >= 11 is 0. The fourth-order valence-electron chi connectivity index (χ4n) is 3.02. The van der Waals surface area contributed by atoms with Gasteiger partial charge in [-0.15, -0.1) is 0 Å². The standard InChI is InChI=1S/C19H21N5O3/c1-26-17-7-6-14(12-20-17)13-21-18(25)23-8-10-24(11-9-23)19-22-15-4-2-3-5-16(15)27-19/h2-7,12H,8-11,13H2,1H3,(H,21,25). The van der Waals surface area contributed by atoms with Gasteiger partial charge in [0, 0.05) is 45.0 Å². The summed E-state index contributed by atoms with van der Waals surface area (Å²) in [7, 11) is 1.57. The van der Waals surface area contributed by atoms with Crippen molar-refractivity contribution in [2.24, 2.45) is 0 Å². The van der Waals surface area contributed by atoms with Crippen LogP contribution < -0.4 is 15.0 Å². The number of benzene rings is 1. The average Bonchev–Trinajstić information content (AvgIpc) is 3.17. The Kier molecular flexibility index (Phi) is 4.78. The molecule has 1 aliphatic heterocycles. The number of carbonyl (C=O) groups is 1. The number of methoxy groups -OCH3 is 1. The van der Waals surface area contributed by atoms with Crippen molar-refractivity contribution in [3.05, 3.63) is 48.2 Å². The second-order valence-corrected chi connectivity index (χ2v) is 6.31. The van der Waals surface area contributed by atoms with E-state index in [1.54, 1.807) is 24.3 Å². The van der Waals surface area contributed by atoms with Crippen molar-refractivity contribution < 1.29 is 13.9 Å². The van der Waals surface area contributed by atoms with E-state index in [1.807, 2.05) is 30.3 Å².